The van der Waals surface area contributed by atoms with Crippen LogP contribution in [0.3, 0.4) is 0 Å². The van der Waals surface area contributed by atoms with Crippen LogP contribution in [0.2, 0.25) is 0 Å². The van der Waals surface area contributed by atoms with E-state index in [1.165, 1.54) is 17.0 Å². The SMILES string of the molecule is O=C([O-])C[C@H](O)C[C@H](O)CCNc1nc(-c2cc(-c3ccon3)n(Cc3ccccc3F)n2)ncc1F.[Na+]. The number of rotatable bonds is 12. The average Bonchev–Trinajstić information content (AvgIpc) is 3.51. The molecule has 0 aliphatic carbocycles. The summed E-state index contributed by atoms with van der Waals surface area (Å²) >= 11 is 0. The average molecular weight is 536 g/mol. The second-order valence-corrected chi connectivity index (χ2v) is 8.27. The van der Waals surface area contributed by atoms with E-state index in [-0.39, 0.29) is 72.8 Å². The van der Waals surface area contributed by atoms with Gasteiger partial charge in [-0.2, -0.15) is 5.10 Å². The van der Waals surface area contributed by atoms with Gasteiger partial charge in [-0.3, -0.25) is 4.68 Å². The monoisotopic (exact) mass is 536 g/mol. The van der Waals surface area contributed by atoms with Gasteiger partial charge in [0.1, 0.15) is 23.5 Å². The fraction of sp³-hybridized carbons (Fsp3) is 0.292. The molecule has 3 heterocycles. The van der Waals surface area contributed by atoms with Crippen LogP contribution >= 0.6 is 0 Å². The fourth-order valence-corrected chi connectivity index (χ4v) is 3.66. The summed E-state index contributed by atoms with van der Waals surface area (Å²) in [5, 5.41) is 41.3. The Kier molecular flexibility index (Phi) is 10.4. The van der Waals surface area contributed by atoms with Gasteiger partial charge in [-0.1, -0.05) is 23.4 Å². The number of benzene rings is 1. The molecule has 4 rings (SSSR count). The summed E-state index contributed by atoms with van der Waals surface area (Å²) < 4.78 is 35.1. The number of aromatic nitrogens is 5. The van der Waals surface area contributed by atoms with Crippen LogP contribution in [0.1, 0.15) is 24.8 Å². The second kappa shape index (κ2) is 13.5. The number of aliphatic hydroxyl groups is 2. The zero-order valence-corrected chi connectivity index (χ0v) is 22.4. The van der Waals surface area contributed by atoms with Gasteiger partial charge in [-0.15, -0.1) is 0 Å². The van der Waals surface area contributed by atoms with Gasteiger partial charge in [0, 0.05) is 30.6 Å². The summed E-state index contributed by atoms with van der Waals surface area (Å²) in [6.45, 7) is 0.168. The quantitative estimate of drug-likeness (QED) is 0.179. The van der Waals surface area contributed by atoms with Crippen molar-refractivity contribution in [2.24, 2.45) is 0 Å². The molecule has 0 bridgehead atoms. The van der Waals surface area contributed by atoms with Crippen molar-refractivity contribution in [3.63, 3.8) is 0 Å². The van der Waals surface area contributed by atoms with Crippen LogP contribution < -0.4 is 40.0 Å². The molecular formula is C24H23F2N6NaO5. The number of hydrogen-bond donors (Lipinski definition) is 3. The largest absolute Gasteiger partial charge is 1.00 e. The maximum absolute atomic E-state index is 14.4. The van der Waals surface area contributed by atoms with E-state index in [1.54, 1.807) is 30.3 Å². The van der Waals surface area contributed by atoms with Crippen molar-refractivity contribution in [3.05, 3.63) is 66.1 Å². The van der Waals surface area contributed by atoms with Gasteiger partial charge in [0.2, 0.25) is 0 Å². The molecule has 2 atom stereocenters. The topological polar surface area (TPSA) is 162 Å². The zero-order chi connectivity index (χ0) is 26.4. The van der Waals surface area contributed by atoms with Gasteiger partial charge in [-0.05, 0) is 25.0 Å². The number of nitrogens with zero attached hydrogens (tertiary/aromatic N) is 5. The van der Waals surface area contributed by atoms with Crippen molar-refractivity contribution < 1.29 is 63.0 Å². The molecule has 0 saturated heterocycles. The molecule has 3 aromatic heterocycles. The van der Waals surface area contributed by atoms with E-state index in [0.717, 1.165) is 6.20 Å². The van der Waals surface area contributed by atoms with E-state index in [0.29, 0.717) is 17.0 Å². The number of carbonyl (C=O) groups is 1. The maximum Gasteiger partial charge on any atom is 1.00 e. The van der Waals surface area contributed by atoms with Crippen LogP contribution in [-0.4, -0.2) is 59.8 Å². The number of aliphatic carboxylic acids is 1. The first-order valence-electron chi connectivity index (χ1n) is 11.3. The predicted molar refractivity (Wildman–Crippen MR) is 124 cm³/mol. The van der Waals surface area contributed by atoms with Crippen molar-refractivity contribution in [1.29, 1.82) is 0 Å². The molecule has 11 nitrogen and oxygen atoms in total. The number of aliphatic hydroxyl groups excluding tert-OH is 2. The van der Waals surface area contributed by atoms with Crippen LogP contribution in [0, 0.1) is 11.6 Å². The Morgan fingerprint density at radius 3 is 2.63 bits per heavy atom. The molecule has 0 saturated carbocycles. The Morgan fingerprint density at radius 1 is 1.13 bits per heavy atom. The van der Waals surface area contributed by atoms with E-state index < -0.39 is 36.2 Å². The molecule has 194 valence electrons. The van der Waals surface area contributed by atoms with Gasteiger partial charge in [0.25, 0.3) is 0 Å². The third kappa shape index (κ3) is 7.65. The summed E-state index contributed by atoms with van der Waals surface area (Å²) in [6, 6.07) is 9.51. The summed E-state index contributed by atoms with van der Waals surface area (Å²) in [6.07, 6.45) is -0.581. The van der Waals surface area contributed by atoms with Gasteiger partial charge in [0.15, 0.2) is 17.5 Å². The summed E-state index contributed by atoms with van der Waals surface area (Å²) in [5.74, 6) is -2.61. The molecular weight excluding hydrogens is 513 g/mol. The van der Waals surface area contributed by atoms with Crippen LogP contribution in [0.25, 0.3) is 22.9 Å². The second-order valence-electron chi connectivity index (χ2n) is 8.27. The van der Waals surface area contributed by atoms with Crippen molar-refractivity contribution in [2.75, 3.05) is 11.9 Å². The number of carboxylic acids is 1. The van der Waals surface area contributed by atoms with E-state index in [9.17, 15) is 28.9 Å². The fourth-order valence-electron chi connectivity index (χ4n) is 3.66. The first-order chi connectivity index (χ1) is 17.8. The van der Waals surface area contributed by atoms with Gasteiger partial charge in [0.05, 0.1) is 30.6 Å². The Balaban J connectivity index is 0.00000400. The maximum atomic E-state index is 14.4. The number of hydrogen-bond acceptors (Lipinski definition) is 10. The summed E-state index contributed by atoms with van der Waals surface area (Å²) in [5.41, 5.74) is 1.63. The van der Waals surface area contributed by atoms with Crippen molar-refractivity contribution in [3.8, 4) is 22.9 Å². The molecule has 38 heavy (non-hydrogen) atoms. The number of carbonyl (C=O) groups excluding carboxylic acids is 1. The molecule has 0 radical (unpaired) electrons. The molecule has 0 unspecified atom stereocenters. The third-order valence-electron chi connectivity index (χ3n) is 5.45. The van der Waals surface area contributed by atoms with Gasteiger partial charge in [-0.25, -0.2) is 18.7 Å². The van der Waals surface area contributed by atoms with Gasteiger partial charge < -0.3 is 30.0 Å². The van der Waals surface area contributed by atoms with Crippen LogP contribution in [0.15, 0.2) is 53.4 Å². The van der Waals surface area contributed by atoms with Crippen molar-refractivity contribution >= 4 is 11.8 Å². The van der Waals surface area contributed by atoms with Crippen LogP contribution in [0.5, 0.6) is 0 Å². The first-order valence-corrected chi connectivity index (χ1v) is 11.3. The molecule has 3 N–H and O–H groups in total. The first kappa shape index (κ1) is 29.3. The van der Waals surface area contributed by atoms with Crippen molar-refractivity contribution in [2.45, 2.75) is 38.0 Å². The normalized spacial score (nSPS) is 12.5. The summed E-state index contributed by atoms with van der Waals surface area (Å²) in [4.78, 5) is 18.7. The smallest absolute Gasteiger partial charge is 0.550 e. The molecule has 0 aliphatic rings. The minimum Gasteiger partial charge on any atom is -0.550 e. The third-order valence-corrected chi connectivity index (χ3v) is 5.45. The molecule has 0 aliphatic heterocycles. The Morgan fingerprint density at radius 2 is 1.92 bits per heavy atom. The molecule has 0 amide bonds. The molecule has 0 fully saturated rings. The van der Waals surface area contributed by atoms with Crippen LogP contribution in [-0.2, 0) is 11.3 Å². The Labute approximate surface area is 237 Å². The van der Waals surface area contributed by atoms with Gasteiger partial charge >= 0.3 is 29.6 Å². The molecule has 0 spiro atoms. The van der Waals surface area contributed by atoms with E-state index >= 15 is 0 Å². The Hall–Kier alpha value is -3.23. The number of carboxylic acid groups (broad SMARTS) is 1. The number of nitrogens with one attached hydrogen (secondary N) is 1. The molecule has 4 aromatic rings. The standard InChI is InChI=1S/C24H24F2N6O5.Na/c25-17-4-2-1-3-14(17)13-32-21(19-6-8-37-31-19)11-20(30-32)24-28-12-18(26)23(29-24)27-7-5-15(33)9-16(34)10-22(35)36;/h1-4,6,8,11-12,15-16,33-34H,5,7,9-10,13H2,(H,35,36)(H,27,28,29);/q;+1/p-1/t15-,16-;/m1./s1. The Bertz CT molecular complexity index is 1350. The number of halogens is 2. The number of anilines is 1. The minimum atomic E-state index is -1.42. The van der Waals surface area contributed by atoms with Crippen molar-refractivity contribution in [1.82, 2.24) is 24.9 Å². The molecule has 1 aromatic carbocycles. The van der Waals surface area contributed by atoms with E-state index in [1.807, 2.05) is 0 Å². The molecule has 14 heteroatoms. The summed E-state index contributed by atoms with van der Waals surface area (Å²) in [7, 11) is 0. The zero-order valence-electron chi connectivity index (χ0n) is 20.4. The van der Waals surface area contributed by atoms with E-state index in [2.05, 4.69) is 25.5 Å². The van der Waals surface area contributed by atoms with E-state index in [4.69, 9.17) is 4.52 Å². The minimum absolute atomic E-state index is 0. The van der Waals surface area contributed by atoms with Crippen LogP contribution in [0.4, 0.5) is 14.6 Å². The predicted octanol–water partition coefficient (Wildman–Crippen LogP) is -1.62.